The fourth-order valence-corrected chi connectivity index (χ4v) is 6.61. The molecule has 1 saturated heterocycles. The molecular weight excluding hydrogens is 346 g/mol. The number of benzene rings is 1. The minimum Gasteiger partial charge on any atom is -0.229 e. The summed E-state index contributed by atoms with van der Waals surface area (Å²) in [6.45, 7) is 8.31. The van der Waals surface area contributed by atoms with Gasteiger partial charge in [0.1, 0.15) is 0 Å². The Hall–Kier alpha value is -0.920. The van der Waals surface area contributed by atoms with Gasteiger partial charge in [0.25, 0.3) is 0 Å². The molecular formula is C17H27NO4S2. The van der Waals surface area contributed by atoms with Crippen LogP contribution < -0.4 is 0 Å². The Morgan fingerprint density at radius 2 is 1.71 bits per heavy atom. The van der Waals surface area contributed by atoms with Crippen LogP contribution >= 0.6 is 0 Å². The molecule has 1 aliphatic heterocycles. The Balaban J connectivity index is 2.36. The van der Waals surface area contributed by atoms with Gasteiger partial charge in [0.05, 0.1) is 16.4 Å². The highest BCUT2D eigenvalue weighted by Gasteiger charge is 2.38. The Morgan fingerprint density at radius 3 is 2.12 bits per heavy atom. The summed E-state index contributed by atoms with van der Waals surface area (Å²) in [6, 6.07) is 6.45. The zero-order chi connectivity index (χ0) is 18.1. The highest BCUT2D eigenvalue weighted by Crippen LogP contribution is 2.27. The van der Waals surface area contributed by atoms with Crippen LogP contribution in [-0.2, 0) is 19.9 Å². The topological polar surface area (TPSA) is 71.5 Å². The van der Waals surface area contributed by atoms with Crippen LogP contribution in [0.15, 0.2) is 29.2 Å². The van der Waals surface area contributed by atoms with Crippen LogP contribution in [0.25, 0.3) is 0 Å². The van der Waals surface area contributed by atoms with Gasteiger partial charge in [0.2, 0.25) is 10.0 Å². The lowest BCUT2D eigenvalue weighted by Crippen LogP contribution is -2.43. The summed E-state index contributed by atoms with van der Waals surface area (Å²) in [4.78, 5) is 0.233. The van der Waals surface area contributed by atoms with E-state index < -0.39 is 25.9 Å². The van der Waals surface area contributed by atoms with E-state index in [0.717, 1.165) is 5.56 Å². The molecule has 0 N–H and O–H groups in total. The summed E-state index contributed by atoms with van der Waals surface area (Å²) in [7, 11) is -6.85. The molecule has 0 amide bonds. The maximum absolute atomic E-state index is 13.1. The van der Waals surface area contributed by atoms with Gasteiger partial charge >= 0.3 is 0 Å². The maximum atomic E-state index is 13.1. The summed E-state index contributed by atoms with van der Waals surface area (Å²) in [5.74, 6) is 0.434. The monoisotopic (exact) mass is 373 g/mol. The fraction of sp³-hybridized carbons (Fsp3) is 0.647. The van der Waals surface area contributed by atoms with Gasteiger partial charge in [0.15, 0.2) is 9.84 Å². The van der Waals surface area contributed by atoms with Crippen molar-refractivity contribution in [1.29, 1.82) is 0 Å². The van der Waals surface area contributed by atoms with Gasteiger partial charge < -0.3 is 0 Å². The van der Waals surface area contributed by atoms with Gasteiger partial charge in [-0.15, -0.1) is 0 Å². The molecule has 1 fully saturated rings. The molecule has 2 rings (SSSR count). The molecule has 136 valence electrons. The lowest BCUT2D eigenvalue weighted by atomic mass is 10.0. The number of sulfonamides is 1. The highest BCUT2D eigenvalue weighted by molar-refractivity contribution is 7.92. The van der Waals surface area contributed by atoms with Crippen molar-refractivity contribution in [2.45, 2.75) is 51.0 Å². The van der Waals surface area contributed by atoms with E-state index in [9.17, 15) is 16.8 Å². The second kappa shape index (κ2) is 7.14. The van der Waals surface area contributed by atoms with E-state index in [2.05, 4.69) is 13.8 Å². The molecule has 5 nitrogen and oxygen atoms in total. The van der Waals surface area contributed by atoms with Crippen LogP contribution in [-0.4, -0.2) is 45.2 Å². The van der Waals surface area contributed by atoms with E-state index in [4.69, 9.17) is 0 Å². The summed E-state index contributed by atoms with van der Waals surface area (Å²) in [5.41, 5.74) is 1.08. The summed E-state index contributed by atoms with van der Waals surface area (Å²) in [6.07, 6.45) is 0.373. The fourth-order valence-electron chi connectivity index (χ4n) is 2.97. The maximum Gasteiger partial charge on any atom is 0.243 e. The predicted molar refractivity (Wildman–Crippen MR) is 96.3 cm³/mol. The van der Waals surface area contributed by atoms with Crippen LogP contribution in [0.3, 0.4) is 0 Å². The quantitative estimate of drug-likeness (QED) is 0.768. The first-order chi connectivity index (χ1) is 11.0. The van der Waals surface area contributed by atoms with Crippen molar-refractivity contribution in [2.24, 2.45) is 5.92 Å². The first kappa shape index (κ1) is 19.4. The molecule has 0 unspecified atom stereocenters. The van der Waals surface area contributed by atoms with E-state index in [1.165, 1.54) is 4.31 Å². The van der Waals surface area contributed by atoms with E-state index in [1.807, 2.05) is 26.0 Å². The number of hydrogen-bond donors (Lipinski definition) is 0. The molecule has 0 saturated carbocycles. The second-order valence-corrected chi connectivity index (χ2v) is 11.4. The smallest absolute Gasteiger partial charge is 0.229 e. The normalized spacial score (nSPS) is 21.0. The molecule has 1 atom stereocenters. The lowest BCUT2D eigenvalue weighted by Gasteiger charge is -2.29. The van der Waals surface area contributed by atoms with Crippen LogP contribution in [0.4, 0.5) is 0 Å². The van der Waals surface area contributed by atoms with Crippen LogP contribution in [0.1, 0.15) is 45.6 Å². The minimum atomic E-state index is -3.70. The molecule has 0 spiro atoms. The molecule has 0 bridgehead atoms. The van der Waals surface area contributed by atoms with Crippen LogP contribution in [0, 0.1) is 5.92 Å². The van der Waals surface area contributed by atoms with Crippen molar-refractivity contribution in [2.75, 3.05) is 18.1 Å². The zero-order valence-corrected chi connectivity index (χ0v) is 16.4. The third kappa shape index (κ3) is 4.37. The van der Waals surface area contributed by atoms with Crippen molar-refractivity contribution in [3.05, 3.63) is 29.8 Å². The van der Waals surface area contributed by atoms with Crippen LogP contribution in [0.5, 0.6) is 0 Å². The minimum absolute atomic E-state index is 0.0636. The first-order valence-corrected chi connectivity index (χ1v) is 11.6. The van der Waals surface area contributed by atoms with Crippen molar-refractivity contribution in [3.63, 3.8) is 0 Å². The van der Waals surface area contributed by atoms with Gasteiger partial charge in [-0.1, -0.05) is 39.8 Å². The highest BCUT2D eigenvalue weighted by atomic mass is 32.2. The number of rotatable bonds is 6. The molecule has 24 heavy (non-hydrogen) atoms. The molecule has 1 aromatic carbocycles. The van der Waals surface area contributed by atoms with E-state index in [-0.39, 0.29) is 22.3 Å². The van der Waals surface area contributed by atoms with Gasteiger partial charge in [-0.2, -0.15) is 4.31 Å². The molecule has 1 aromatic rings. The Bertz CT molecular complexity index is 765. The van der Waals surface area contributed by atoms with Gasteiger partial charge in [-0.3, -0.25) is 0 Å². The van der Waals surface area contributed by atoms with Crippen molar-refractivity contribution < 1.29 is 16.8 Å². The Morgan fingerprint density at radius 1 is 1.12 bits per heavy atom. The number of sulfone groups is 1. The Kier molecular flexibility index (Phi) is 5.77. The van der Waals surface area contributed by atoms with Gasteiger partial charge in [-0.25, -0.2) is 16.8 Å². The number of hydrogen-bond acceptors (Lipinski definition) is 4. The third-order valence-electron chi connectivity index (χ3n) is 4.31. The summed E-state index contributed by atoms with van der Waals surface area (Å²) in [5, 5.41) is 0. The predicted octanol–water partition coefficient (Wildman–Crippen LogP) is 2.64. The Labute approximate surface area is 146 Å². The summed E-state index contributed by atoms with van der Waals surface area (Å²) >= 11 is 0. The van der Waals surface area contributed by atoms with E-state index in [1.54, 1.807) is 12.1 Å². The van der Waals surface area contributed by atoms with E-state index in [0.29, 0.717) is 18.9 Å². The van der Waals surface area contributed by atoms with Gasteiger partial charge in [-0.05, 0) is 36.0 Å². The molecule has 7 heteroatoms. The molecule has 0 radical (unpaired) electrons. The largest absolute Gasteiger partial charge is 0.243 e. The first-order valence-electron chi connectivity index (χ1n) is 8.35. The number of nitrogens with zero attached hydrogens (tertiary/aromatic N) is 1. The van der Waals surface area contributed by atoms with Crippen LogP contribution in [0.2, 0.25) is 0 Å². The van der Waals surface area contributed by atoms with E-state index >= 15 is 0 Å². The van der Waals surface area contributed by atoms with Crippen molar-refractivity contribution >= 4 is 19.9 Å². The standard InChI is InChI=1S/C17H27NO4S2/c1-13(2)11-18(16-9-10-23(19,20)12-16)24(21,22)17-7-5-15(6-8-17)14(3)4/h5-8,13-14,16H,9-12H2,1-4H3/t16-/m1/s1. The SMILES string of the molecule is CC(C)CN([C@@H]1CCS(=O)(=O)C1)S(=O)(=O)c1ccc(C(C)C)cc1. The van der Waals surface area contributed by atoms with Gasteiger partial charge in [0, 0.05) is 12.6 Å². The molecule has 0 aromatic heterocycles. The zero-order valence-electron chi connectivity index (χ0n) is 14.8. The second-order valence-electron chi connectivity index (χ2n) is 7.25. The lowest BCUT2D eigenvalue weighted by molar-refractivity contribution is 0.308. The van der Waals surface area contributed by atoms with Crippen molar-refractivity contribution in [1.82, 2.24) is 4.31 Å². The molecule has 1 aliphatic rings. The van der Waals surface area contributed by atoms with Crippen molar-refractivity contribution in [3.8, 4) is 0 Å². The summed E-state index contributed by atoms with van der Waals surface area (Å²) < 4.78 is 51.1. The third-order valence-corrected chi connectivity index (χ3v) is 8.00. The average Bonchev–Trinajstić information content (AvgIpc) is 2.84. The molecule has 1 heterocycles. The molecule has 0 aliphatic carbocycles. The average molecular weight is 374 g/mol.